The van der Waals surface area contributed by atoms with Crippen molar-refractivity contribution in [2.45, 2.75) is 18.8 Å². The van der Waals surface area contributed by atoms with Gasteiger partial charge in [-0.15, -0.1) is 0 Å². The highest BCUT2D eigenvalue weighted by molar-refractivity contribution is 6.15. The monoisotopic (exact) mass is 518 g/mol. The van der Waals surface area contributed by atoms with Gasteiger partial charge in [0.1, 0.15) is 23.0 Å². The van der Waals surface area contributed by atoms with Crippen LogP contribution >= 0.6 is 0 Å². The van der Waals surface area contributed by atoms with Crippen molar-refractivity contribution in [1.29, 1.82) is 0 Å². The fraction of sp³-hybridized carbons (Fsp3) is 0.152. The molecule has 0 bridgehead atoms. The van der Waals surface area contributed by atoms with E-state index in [0.717, 1.165) is 22.4 Å². The molecule has 1 atom stereocenters. The van der Waals surface area contributed by atoms with Gasteiger partial charge in [0.2, 0.25) is 5.78 Å². The van der Waals surface area contributed by atoms with Crippen molar-refractivity contribution < 1.29 is 28.5 Å². The van der Waals surface area contributed by atoms with Crippen LogP contribution in [0.5, 0.6) is 23.0 Å². The van der Waals surface area contributed by atoms with Crippen molar-refractivity contribution in [3.63, 3.8) is 0 Å². The Morgan fingerprint density at radius 2 is 1.64 bits per heavy atom. The molecule has 0 fully saturated rings. The van der Waals surface area contributed by atoms with Crippen molar-refractivity contribution in [2.75, 3.05) is 13.7 Å². The zero-order chi connectivity index (χ0) is 26.8. The summed E-state index contributed by atoms with van der Waals surface area (Å²) in [4.78, 5) is 25.9. The number of fused-ring (bicyclic) bond motifs is 3. The van der Waals surface area contributed by atoms with Gasteiger partial charge in [-0.1, -0.05) is 60.7 Å². The lowest BCUT2D eigenvalue weighted by Gasteiger charge is -2.27. The summed E-state index contributed by atoms with van der Waals surface area (Å²) in [5.41, 5.74) is 3.97. The number of carbonyl (C=O) groups excluding carboxylic acids is 2. The average Bonchev–Trinajstić information content (AvgIpc) is 3.28. The molecular formula is C33H26O6. The first-order valence-corrected chi connectivity index (χ1v) is 12.8. The van der Waals surface area contributed by atoms with Crippen LogP contribution in [-0.4, -0.2) is 25.5 Å². The van der Waals surface area contributed by atoms with Gasteiger partial charge >= 0.3 is 5.97 Å². The summed E-state index contributed by atoms with van der Waals surface area (Å²) in [6, 6.07) is 28.4. The first-order valence-electron chi connectivity index (χ1n) is 12.8. The second-order valence-electron chi connectivity index (χ2n) is 9.42. The summed E-state index contributed by atoms with van der Waals surface area (Å²) < 4.78 is 23.2. The average molecular weight is 519 g/mol. The van der Waals surface area contributed by atoms with Crippen LogP contribution in [0.3, 0.4) is 0 Å². The van der Waals surface area contributed by atoms with E-state index in [1.54, 1.807) is 25.3 Å². The van der Waals surface area contributed by atoms with Gasteiger partial charge in [0, 0.05) is 23.5 Å². The number of allylic oxidation sites excluding steroid dienone is 1. The maximum Gasteiger partial charge on any atom is 0.312 e. The van der Waals surface area contributed by atoms with Crippen LogP contribution in [-0.2, 0) is 11.2 Å². The molecule has 1 unspecified atom stereocenters. The Kier molecular flexibility index (Phi) is 6.59. The van der Waals surface area contributed by atoms with Gasteiger partial charge in [-0.2, -0.15) is 0 Å². The first kappa shape index (κ1) is 24.5. The zero-order valence-electron chi connectivity index (χ0n) is 21.4. The molecule has 0 aliphatic carbocycles. The Morgan fingerprint density at radius 3 is 2.44 bits per heavy atom. The molecule has 39 heavy (non-hydrogen) atoms. The zero-order valence-corrected chi connectivity index (χ0v) is 21.4. The highest BCUT2D eigenvalue weighted by Crippen LogP contribution is 2.50. The molecule has 0 saturated carbocycles. The lowest BCUT2D eigenvalue weighted by molar-refractivity contribution is -0.135. The van der Waals surface area contributed by atoms with E-state index in [2.05, 4.69) is 0 Å². The normalized spacial score (nSPS) is 16.7. The van der Waals surface area contributed by atoms with Crippen molar-refractivity contribution in [2.24, 2.45) is 0 Å². The second-order valence-corrected chi connectivity index (χ2v) is 9.42. The van der Waals surface area contributed by atoms with Gasteiger partial charge in [-0.05, 0) is 47.5 Å². The summed E-state index contributed by atoms with van der Waals surface area (Å²) in [6.07, 6.45) is 2.55. The Bertz CT molecular complexity index is 1570. The molecule has 0 aromatic heterocycles. The number of hydrogen-bond acceptors (Lipinski definition) is 6. The molecular weight excluding hydrogens is 492 g/mol. The molecule has 2 aliphatic rings. The maximum atomic E-state index is 13.2. The van der Waals surface area contributed by atoms with Gasteiger partial charge in [0.05, 0.1) is 25.7 Å². The summed E-state index contributed by atoms with van der Waals surface area (Å²) in [5, 5.41) is 0. The lowest BCUT2D eigenvalue weighted by Crippen LogP contribution is -2.22. The molecule has 6 nitrogen and oxygen atoms in total. The van der Waals surface area contributed by atoms with Crippen LogP contribution in [0, 0.1) is 0 Å². The summed E-state index contributed by atoms with van der Waals surface area (Å²) in [5.74, 6) is 1.63. The number of ether oxygens (including phenoxy) is 4. The highest BCUT2D eigenvalue weighted by Gasteiger charge is 2.39. The van der Waals surface area contributed by atoms with E-state index in [1.165, 1.54) is 0 Å². The number of benzene rings is 4. The van der Waals surface area contributed by atoms with Crippen molar-refractivity contribution in [3.8, 4) is 23.0 Å². The molecule has 4 aromatic rings. The first-order chi connectivity index (χ1) is 19.1. The molecule has 2 aliphatic heterocycles. The molecule has 4 aromatic carbocycles. The second kappa shape index (κ2) is 10.5. The number of para-hydroxylation sites is 1. The predicted octanol–water partition coefficient (Wildman–Crippen LogP) is 6.37. The Balaban J connectivity index is 1.31. The summed E-state index contributed by atoms with van der Waals surface area (Å²) in [7, 11) is 1.64. The van der Waals surface area contributed by atoms with E-state index >= 15 is 0 Å². The third-order valence-electron chi connectivity index (χ3n) is 6.98. The third kappa shape index (κ3) is 4.89. The Morgan fingerprint density at radius 1 is 0.872 bits per heavy atom. The molecule has 0 radical (unpaired) electrons. The van der Waals surface area contributed by atoms with Gasteiger partial charge < -0.3 is 18.9 Å². The standard InChI is InChI=1S/C33H26O6/c1-36-23-13-11-21(12-14-23)17-18-37-27-10-6-5-9-24(27)26-20-30(34)38-28-16-15-25-32(35)29(39-33(25)31(26)28)19-22-7-3-2-4-8-22/h2-16,19,26H,17-18,20H2,1H3/b29-19+. The van der Waals surface area contributed by atoms with Gasteiger partial charge in [-0.3, -0.25) is 9.59 Å². The number of methoxy groups -OCH3 is 1. The maximum absolute atomic E-state index is 13.2. The van der Waals surface area contributed by atoms with E-state index in [1.807, 2.05) is 78.9 Å². The van der Waals surface area contributed by atoms with Crippen LogP contribution in [0.2, 0.25) is 0 Å². The van der Waals surface area contributed by atoms with E-state index in [0.29, 0.717) is 41.4 Å². The van der Waals surface area contributed by atoms with E-state index < -0.39 is 5.92 Å². The molecule has 194 valence electrons. The molecule has 0 amide bonds. The van der Waals surface area contributed by atoms with Crippen LogP contribution in [0.4, 0.5) is 0 Å². The Labute approximate surface area is 226 Å². The fourth-order valence-corrected chi connectivity index (χ4v) is 5.04. The molecule has 2 heterocycles. The van der Waals surface area contributed by atoms with E-state index in [-0.39, 0.29) is 23.9 Å². The Hall–Kier alpha value is -4.84. The SMILES string of the molecule is COc1ccc(CCOc2ccccc2C2CC(=O)Oc3ccc4c(c32)O/C(=C/c2ccccc2)C4=O)cc1. The molecule has 6 heteroatoms. The predicted molar refractivity (Wildman–Crippen MR) is 147 cm³/mol. The number of Topliss-reactive ketones (excluding diaryl/α,β-unsaturated/α-hetero) is 1. The summed E-state index contributed by atoms with van der Waals surface area (Å²) >= 11 is 0. The minimum Gasteiger partial charge on any atom is -0.497 e. The van der Waals surface area contributed by atoms with Crippen LogP contribution in [0.15, 0.2) is 96.8 Å². The minimum atomic E-state index is -0.391. The number of esters is 1. The largest absolute Gasteiger partial charge is 0.497 e. The highest BCUT2D eigenvalue weighted by atomic mass is 16.5. The van der Waals surface area contributed by atoms with Crippen molar-refractivity contribution in [1.82, 2.24) is 0 Å². The number of carbonyl (C=O) groups is 2. The quantitative estimate of drug-likeness (QED) is 0.161. The smallest absolute Gasteiger partial charge is 0.312 e. The number of rotatable bonds is 7. The van der Waals surface area contributed by atoms with Gasteiger partial charge in [-0.25, -0.2) is 0 Å². The van der Waals surface area contributed by atoms with Crippen molar-refractivity contribution >= 4 is 17.8 Å². The van der Waals surface area contributed by atoms with Crippen LogP contribution < -0.4 is 18.9 Å². The number of ketones is 1. The van der Waals surface area contributed by atoms with Gasteiger partial charge in [0.25, 0.3) is 0 Å². The van der Waals surface area contributed by atoms with Crippen LogP contribution in [0.1, 0.15) is 45.0 Å². The van der Waals surface area contributed by atoms with E-state index in [9.17, 15) is 9.59 Å². The topological polar surface area (TPSA) is 71.1 Å². The molecule has 0 spiro atoms. The lowest BCUT2D eigenvalue weighted by atomic mass is 9.84. The molecule has 0 saturated heterocycles. The van der Waals surface area contributed by atoms with Crippen molar-refractivity contribution in [3.05, 3.63) is 125 Å². The third-order valence-corrected chi connectivity index (χ3v) is 6.98. The fourth-order valence-electron chi connectivity index (χ4n) is 5.04. The molecule has 0 N–H and O–H groups in total. The minimum absolute atomic E-state index is 0.109. The van der Waals surface area contributed by atoms with Gasteiger partial charge in [0.15, 0.2) is 5.76 Å². The van der Waals surface area contributed by atoms with Crippen LogP contribution in [0.25, 0.3) is 6.08 Å². The summed E-state index contributed by atoms with van der Waals surface area (Å²) in [6.45, 7) is 0.458. The number of hydrogen-bond donors (Lipinski definition) is 0. The van der Waals surface area contributed by atoms with E-state index in [4.69, 9.17) is 18.9 Å². The molecule has 6 rings (SSSR count).